The molecular weight excluding hydrogens is 204 g/mol. The van der Waals surface area contributed by atoms with Gasteiger partial charge in [0.1, 0.15) is 12.4 Å². The molecule has 1 aliphatic rings. The molecule has 16 heavy (non-hydrogen) atoms. The topological polar surface area (TPSA) is 35.5 Å². The monoisotopic (exact) mass is 226 g/mol. The quantitative estimate of drug-likeness (QED) is 0.596. The first-order chi connectivity index (χ1) is 7.76. The Balaban J connectivity index is 2.36. The normalized spacial score (nSPS) is 15.2. The van der Waals surface area contributed by atoms with Gasteiger partial charge in [0.15, 0.2) is 0 Å². The van der Waals surface area contributed by atoms with Crippen molar-refractivity contribution in [2.24, 2.45) is 0 Å². The van der Waals surface area contributed by atoms with Crippen molar-refractivity contribution in [3.63, 3.8) is 0 Å². The molecule has 0 amide bonds. The molecule has 0 aromatic rings. The van der Waals surface area contributed by atoms with Gasteiger partial charge in [0, 0.05) is 0 Å². The van der Waals surface area contributed by atoms with Crippen LogP contribution in [0.5, 0.6) is 0 Å². The smallest absolute Gasteiger partial charge is 0.334 e. The van der Waals surface area contributed by atoms with Crippen molar-refractivity contribution >= 4 is 5.97 Å². The van der Waals surface area contributed by atoms with E-state index in [2.05, 4.69) is 13.8 Å². The second-order valence-electron chi connectivity index (χ2n) is 4.24. The molecule has 1 heterocycles. The van der Waals surface area contributed by atoms with E-state index >= 15 is 0 Å². The highest BCUT2D eigenvalue weighted by Gasteiger charge is 2.18. The number of hydrogen-bond acceptors (Lipinski definition) is 3. The van der Waals surface area contributed by atoms with Gasteiger partial charge in [-0.05, 0) is 12.8 Å². The van der Waals surface area contributed by atoms with Crippen LogP contribution in [0.25, 0.3) is 0 Å². The number of carbonyl (C=O) groups excluding carboxylic acids is 1. The largest absolute Gasteiger partial charge is 0.491 e. The molecule has 0 atom stereocenters. The highest BCUT2D eigenvalue weighted by molar-refractivity contribution is 5.84. The van der Waals surface area contributed by atoms with Crippen molar-refractivity contribution in [1.82, 2.24) is 0 Å². The number of rotatable bonds is 8. The third kappa shape index (κ3) is 4.69. The SMILES string of the molecule is CCCCC(CCCC)OC1=CC(=O)OC1. The lowest BCUT2D eigenvalue weighted by Gasteiger charge is -2.18. The van der Waals surface area contributed by atoms with Crippen LogP contribution in [0.15, 0.2) is 11.8 Å². The minimum Gasteiger partial charge on any atom is -0.491 e. The molecule has 1 aliphatic heterocycles. The fraction of sp³-hybridized carbons (Fsp3) is 0.769. The maximum absolute atomic E-state index is 10.9. The van der Waals surface area contributed by atoms with E-state index in [4.69, 9.17) is 9.47 Å². The maximum atomic E-state index is 10.9. The highest BCUT2D eigenvalue weighted by Crippen LogP contribution is 2.18. The Bertz CT molecular complexity index is 238. The van der Waals surface area contributed by atoms with Gasteiger partial charge in [-0.2, -0.15) is 0 Å². The minimum atomic E-state index is -0.278. The van der Waals surface area contributed by atoms with Gasteiger partial charge in [-0.15, -0.1) is 0 Å². The van der Waals surface area contributed by atoms with E-state index in [9.17, 15) is 4.79 Å². The molecule has 92 valence electrons. The summed E-state index contributed by atoms with van der Waals surface area (Å²) in [5.74, 6) is 0.418. The lowest BCUT2D eigenvalue weighted by molar-refractivity contribution is -0.135. The number of esters is 1. The molecule has 0 saturated carbocycles. The summed E-state index contributed by atoms with van der Waals surface area (Å²) < 4.78 is 10.6. The van der Waals surface area contributed by atoms with E-state index in [1.807, 2.05) is 0 Å². The Morgan fingerprint density at radius 3 is 2.38 bits per heavy atom. The standard InChI is InChI=1S/C13H22O3/c1-3-5-7-11(8-6-4-2)16-12-9-13(14)15-10-12/h9,11H,3-8,10H2,1-2H3. The zero-order valence-electron chi connectivity index (χ0n) is 10.3. The first kappa shape index (κ1) is 13.1. The van der Waals surface area contributed by atoms with Crippen LogP contribution in [0.3, 0.4) is 0 Å². The Morgan fingerprint density at radius 1 is 1.31 bits per heavy atom. The molecule has 0 fully saturated rings. The van der Waals surface area contributed by atoms with Gasteiger partial charge in [0.25, 0.3) is 0 Å². The molecule has 0 aliphatic carbocycles. The van der Waals surface area contributed by atoms with Crippen LogP contribution in [0.2, 0.25) is 0 Å². The number of ether oxygens (including phenoxy) is 2. The van der Waals surface area contributed by atoms with Gasteiger partial charge in [-0.1, -0.05) is 39.5 Å². The number of hydrogen-bond donors (Lipinski definition) is 0. The third-order valence-corrected chi connectivity index (χ3v) is 2.71. The van der Waals surface area contributed by atoms with E-state index in [-0.39, 0.29) is 12.1 Å². The van der Waals surface area contributed by atoms with Crippen molar-refractivity contribution < 1.29 is 14.3 Å². The molecule has 1 rings (SSSR count). The molecule has 0 aromatic heterocycles. The van der Waals surface area contributed by atoms with Gasteiger partial charge < -0.3 is 9.47 Å². The number of unbranched alkanes of at least 4 members (excludes halogenated alkanes) is 2. The Kier molecular flexibility index (Phi) is 5.98. The van der Waals surface area contributed by atoms with E-state index in [0.717, 1.165) is 12.8 Å². The van der Waals surface area contributed by atoms with Crippen molar-refractivity contribution in [2.75, 3.05) is 6.61 Å². The predicted octanol–water partition coefficient (Wildman–Crippen LogP) is 3.19. The van der Waals surface area contributed by atoms with Gasteiger partial charge in [-0.3, -0.25) is 0 Å². The van der Waals surface area contributed by atoms with Crippen molar-refractivity contribution in [3.8, 4) is 0 Å². The van der Waals surface area contributed by atoms with Crippen LogP contribution in [0, 0.1) is 0 Å². The van der Waals surface area contributed by atoms with Gasteiger partial charge >= 0.3 is 5.97 Å². The molecule has 0 bridgehead atoms. The number of carbonyl (C=O) groups is 1. The van der Waals surface area contributed by atoms with Crippen LogP contribution in [-0.4, -0.2) is 18.7 Å². The predicted molar refractivity (Wildman–Crippen MR) is 63.0 cm³/mol. The lowest BCUT2D eigenvalue weighted by atomic mass is 10.1. The molecular formula is C13H22O3. The molecule has 0 aromatic carbocycles. The average Bonchev–Trinajstić information content (AvgIpc) is 2.68. The zero-order valence-corrected chi connectivity index (χ0v) is 10.3. The van der Waals surface area contributed by atoms with Gasteiger partial charge in [-0.25, -0.2) is 4.79 Å². The highest BCUT2D eigenvalue weighted by atomic mass is 16.6. The fourth-order valence-corrected chi connectivity index (χ4v) is 1.76. The van der Waals surface area contributed by atoms with Crippen LogP contribution >= 0.6 is 0 Å². The second kappa shape index (κ2) is 7.31. The maximum Gasteiger partial charge on any atom is 0.334 e. The van der Waals surface area contributed by atoms with Crippen molar-refractivity contribution in [2.45, 2.75) is 58.5 Å². The Morgan fingerprint density at radius 2 is 1.94 bits per heavy atom. The lowest BCUT2D eigenvalue weighted by Crippen LogP contribution is -2.13. The van der Waals surface area contributed by atoms with Crippen molar-refractivity contribution in [1.29, 1.82) is 0 Å². The van der Waals surface area contributed by atoms with E-state index in [0.29, 0.717) is 12.4 Å². The molecule has 0 unspecified atom stereocenters. The summed E-state index contributed by atoms with van der Waals surface area (Å²) in [6.07, 6.45) is 8.57. The van der Waals surface area contributed by atoms with E-state index in [1.54, 1.807) is 0 Å². The van der Waals surface area contributed by atoms with Crippen LogP contribution in [-0.2, 0) is 14.3 Å². The van der Waals surface area contributed by atoms with Crippen LogP contribution < -0.4 is 0 Å². The van der Waals surface area contributed by atoms with Gasteiger partial charge in [0.2, 0.25) is 0 Å². The molecule has 0 radical (unpaired) electrons. The Labute approximate surface area is 97.8 Å². The number of cyclic esters (lactones) is 1. The molecule has 0 saturated heterocycles. The molecule has 0 N–H and O–H groups in total. The summed E-state index contributed by atoms with van der Waals surface area (Å²) in [6, 6.07) is 0. The van der Waals surface area contributed by atoms with Crippen LogP contribution in [0.1, 0.15) is 52.4 Å². The summed E-state index contributed by atoms with van der Waals surface area (Å²) in [4.78, 5) is 10.9. The van der Waals surface area contributed by atoms with Gasteiger partial charge in [0.05, 0.1) is 12.2 Å². The summed E-state index contributed by atoms with van der Waals surface area (Å²) in [5.41, 5.74) is 0. The molecule has 3 nitrogen and oxygen atoms in total. The van der Waals surface area contributed by atoms with E-state index in [1.165, 1.54) is 31.8 Å². The first-order valence-electron chi connectivity index (χ1n) is 6.30. The first-order valence-corrected chi connectivity index (χ1v) is 6.30. The summed E-state index contributed by atoms with van der Waals surface area (Å²) in [7, 11) is 0. The van der Waals surface area contributed by atoms with E-state index < -0.39 is 0 Å². The minimum absolute atomic E-state index is 0.251. The summed E-state index contributed by atoms with van der Waals surface area (Å²) in [5, 5.41) is 0. The Hall–Kier alpha value is -0.990. The molecule has 0 spiro atoms. The second-order valence-corrected chi connectivity index (χ2v) is 4.24. The van der Waals surface area contributed by atoms with Crippen molar-refractivity contribution in [3.05, 3.63) is 11.8 Å². The average molecular weight is 226 g/mol. The fourth-order valence-electron chi connectivity index (χ4n) is 1.76. The third-order valence-electron chi connectivity index (χ3n) is 2.71. The summed E-state index contributed by atoms with van der Waals surface area (Å²) in [6.45, 7) is 4.67. The van der Waals surface area contributed by atoms with Crippen LogP contribution in [0.4, 0.5) is 0 Å². The zero-order chi connectivity index (χ0) is 11.8. The summed E-state index contributed by atoms with van der Waals surface area (Å²) >= 11 is 0. The molecule has 3 heteroatoms.